The Balaban J connectivity index is 3.81. The van der Waals surface area contributed by atoms with Gasteiger partial charge in [0.05, 0.1) is 0 Å². The SMILES string of the molecule is CO/N=C(\SC)C(C)C. The Hall–Kier alpha value is -0.180. The summed E-state index contributed by atoms with van der Waals surface area (Å²) in [6.07, 6.45) is 2.00. The summed E-state index contributed by atoms with van der Waals surface area (Å²) in [6.45, 7) is 4.18. The lowest BCUT2D eigenvalue weighted by molar-refractivity contribution is 0.213. The summed E-state index contributed by atoms with van der Waals surface area (Å²) >= 11 is 1.63. The average molecular weight is 147 g/mol. The van der Waals surface area contributed by atoms with Crippen LogP contribution in [0.5, 0.6) is 0 Å². The number of thioether (sulfide) groups is 1. The van der Waals surface area contributed by atoms with Crippen LogP contribution in [0.15, 0.2) is 5.16 Å². The van der Waals surface area contributed by atoms with Gasteiger partial charge in [0, 0.05) is 5.92 Å². The van der Waals surface area contributed by atoms with E-state index in [4.69, 9.17) is 0 Å². The fourth-order valence-electron chi connectivity index (χ4n) is 0.468. The van der Waals surface area contributed by atoms with Crippen molar-refractivity contribution in [3.05, 3.63) is 0 Å². The third-order valence-corrected chi connectivity index (χ3v) is 1.85. The molecule has 0 amide bonds. The minimum atomic E-state index is 0.472. The van der Waals surface area contributed by atoms with Crippen molar-refractivity contribution in [2.45, 2.75) is 13.8 Å². The van der Waals surface area contributed by atoms with Gasteiger partial charge in [-0.25, -0.2) is 0 Å². The third kappa shape index (κ3) is 3.40. The second-order valence-corrected chi connectivity index (χ2v) is 2.80. The van der Waals surface area contributed by atoms with Gasteiger partial charge in [-0.05, 0) is 6.26 Å². The van der Waals surface area contributed by atoms with Gasteiger partial charge in [-0.1, -0.05) is 19.0 Å². The fourth-order valence-corrected chi connectivity index (χ4v) is 1.09. The minimum Gasteiger partial charge on any atom is -0.398 e. The second-order valence-electron chi connectivity index (χ2n) is 1.97. The molecule has 0 aliphatic rings. The van der Waals surface area contributed by atoms with Crippen molar-refractivity contribution in [3.63, 3.8) is 0 Å². The number of rotatable bonds is 2. The average Bonchev–Trinajstić information content (AvgIpc) is 1.82. The van der Waals surface area contributed by atoms with Gasteiger partial charge >= 0.3 is 0 Å². The van der Waals surface area contributed by atoms with Crippen molar-refractivity contribution in [2.75, 3.05) is 13.4 Å². The van der Waals surface area contributed by atoms with E-state index in [0.29, 0.717) is 5.92 Å². The molecule has 0 N–H and O–H groups in total. The summed E-state index contributed by atoms with van der Waals surface area (Å²) in [6, 6.07) is 0. The number of nitrogens with zero attached hydrogens (tertiary/aromatic N) is 1. The van der Waals surface area contributed by atoms with Crippen LogP contribution in [-0.2, 0) is 4.84 Å². The van der Waals surface area contributed by atoms with E-state index in [1.807, 2.05) is 6.26 Å². The van der Waals surface area contributed by atoms with Gasteiger partial charge in [-0.2, -0.15) is 0 Å². The van der Waals surface area contributed by atoms with Crippen molar-refractivity contribution < 1.29 is 4.84 Å². The van der Waals surface area contributed by atoms with Gasteiger partial charge in [0.25, 0.3) is 0 Å². The first kappa shape index (κ1) is 8.82. The molecule has 0 aromatic carbocycles. The van der Waals surface area contributed by atoms with Crippen LogP contribution in [0, 0.1) is 5.92 Å². The summed E-state index contributed by atoms with van der Waals surface area (Å²) in [7, 11) is 1.57. The topological polar surface area (TPSA) is 21.6 Å². The van der Waals surface area contributed by atoms with Crippen LogP contribution in [0.2, 0.25) is 0 Å². The Morgan fingerprint density at radius 2 is 2.11 bits per heavy atom. The lowest BCUT2D eigenvalue weighted by Gasteiger charge is -2.03. The molecule has 0 fully saturated rings. The molecule has 0 aliphatic carbocycles. The molecule has 0 radical (unpaired) electrons. The highest BCUT2D eigenvalue weighted by Crippen LogP contribution is 2.08. The molecule has 0 aliphatic heterocycles. The highest BCUT2D eigenvalue weighted by Gasteiger charge is 2.02. The van der Waals surface area contributed by atoms with Crippen LogP contribution in [0.3, 0.4) is 0 Å². The molecule has 0 unspecified atom stereocenters. The van der Waals surface area contributed by atoms with Gasteiger partial charge in [0.1, 0.15) is 12.2 Å². The highest BCUT2D eigenvalue weighted by atomic mass is 32.2. The van der Waals surface area contributed by atoms with Gasteiger partial charge in [0.2, 0.25) is 0 Å². The maximum atomic E-state index is 4.62. The molecule has 54 valence electrons. The fraction of sp³-hybridized carbons (Fsp3) is 0.833. The lowest BCUT2D eigenvalue weighted by atomic mass is 10.2. The highest BCUT2D eigenvalue weighted by molar-refractivity contribution is 8.13. The molecule has 0 bridgehead atoms. The molecule has 2 nitrogen and oxygen atoms in total. The predicted octanol–water partition coefficient (Wildman–Crippen LogP) is 1.97. The molecule has 0 atom stereocenters. The van der Waals surface area contributed by atoms with Crippen molar-refractivity contribution in [3.8, 4) is 0 Å². The number of hydrogen-bond acceptors (Lipinski definition) is 3. The largest absolute Gasteiger partial charge is 0.398 e. The molecule has 0 saturated heterocycles. The maximum Gasteiger partial charge on any atom is 0.115 e. The molecular formula is C6H13NOS. The van der Waals surface area contributed by atoms with Crippen LogP contribution >= 0.6 is 11.8 Å². The molecule has 0 heterocycles. The van der Waals surface area contributed by atoms with Crippen molar-refractivity contribution in [1.82, 2.24) is 0 Å². The van der Waals surface area contributed by atoms with Gasteiger partial charge in [0.15, 0.2) is 0 Å². The normalized spacial score (nSPS) is 12.3. The Morgan fingerprint density at radius 3 is 2.22 bits per heavy atom. The summed E-state index contributed by atoms with van der Waals surface area (Å²) in [5.74, 6) is 0.472. The minimum absolute atomic E-state index is 0.472. The smallest absolute Gasteiger partial charge is 0.115 e. The first-order valence-corrected chi connectivity index (χ1v) is 4.09. The van der Waals surface area contributed by atoms with Crippen LogP contribution in [0.25, 0.3) is 0 Å². The summed E-state index contributed by atoms with van der Waals surface area (Å²) in [5.41, 5.74) is 0. The first-order chi connectivity index (χ1) is 4.22. The van der Waals surface area contributed by atoms with Crippen LogP contribution in [0.4, 0.5) is 0 Å². The zero-order chi connectivity index (χ0) is 7.28. The van der Waals surface area contributed by atoms with E-state index in [1.165, 1.54) is 0 Å². The van der Waals surface area contributed by atoms with E-state index in [9.17, 15) is 0 Å². The van der Waals surface area contributed by atoms with Crippen molar-refractivity contribution in [1.29, 1.82) is 0 Å². The summed E-state index contributed by atoms with van der Waals surface area (Å²) < 4.78 is 0. The standard InChI is InChI=1S/C6H13NOS/c1-5(2)6(9-4)7-8-3/h5H,1-4H3/b7-6-. The van der Waals surface area contributed by atoms with E-state index in [0.717, 1.165) is 5.04 Å². The van der Waals surface area contributed by atoms with E-state index < -0.39 is 0 Å². The van der Waals surface area contributed by atoms with Gasteiger partial charge in [-0.3, -0.25) is 0 Å². The Kier molecular flexibility index (Phi) is 4.58. The zero-order valence-corrected chi connectivity index (χ0v) is 7.16. The number of hydrogen-bond donors (Lipinski definition) is 0. The molecule has 0 spiro atoms. The molecule has 3 heteroatoms. The van der Waals surface area contributed by atoms with Gasteiger partial charge in [-0.15, -0.1) is 11.8 Å². The van der Waals surface area contributed by atoms with Crippen LogP contribution in [0.1, 0.15) is 13.8 Å². The summed E-state index contributed by atoms with van der Waals surface area (Å²) in [4.78, 5) is 4.62. The Labute approximate surface area is 60.6 Å². The van der Waals surface area contributed by atoms with Crippen molar-refractivity contribution >= 4 is 16.8 Å². The quantitative estimate of drug-likeness (QED) is 0.338. The third-order valence-electron chi connectivity index (χ3n) is 0.884. The van der Waals surface area contributed by atoms with Crippen molar-refractivity contribution in [2.24, 2.45) is 11.1 Å². The zero-order valence-electron chi connectivity index (χ0n) is 6.34. The maximum absolute atomic E-state index is 4.62. The molecule has 0 rings (SSSR count). The van der Waals surface area contributed by atoms with E-state index in [-0.39, 0.29) is 0 Å². The molecule has 0 saturated carbocycles. The molecule has 0 aromatic heterocycles. The second kappa shape index (κ2) is 4.68. The summed E-state index contributed by atoms with van der Waals surface area (Å²) in [5, 5.41) is 4.86. The lowest BCUT2D eigenvalue weighted by Crippen LogP contribution is -2.01. The van der Waals surface area contributed by atoms with Crippen LogP contribution < -0.4 is 0 Å². The van der Waals surface area contributed by atoms with E-state index >= 15 is 0 Å². The Bertz CT molecular complexity index is 101. The van der Waals surface area contributed by atoms with Gasteiger partial charge < -0.3 is 4.84 Å². The monoisotopic (exact) mass is 147 g/mol. The van der Waals surface area contributed by atoms with Crippen LogP contribution in [-0.4, -0.2) is 18.4 Å². The Morgan fingerprint density at radius 1 is 1.56 bits per heavy atom. The first-order valence-electron chi connectivity index (χ1n) is 2.87. The predicted molar refractivity (Wildman–Crippen MR) is 42.8 cm³/mol. The molecule has 9 heavy (non-hydrogen) atoms. The molecular weight excluding hydrogens is 134 g/mol. The molecule has 0 aromatic rings. The van der Waals surface area contributed by atoms with E-state index in [2.05, 4.69) is 23.8 Å². The van der Waals surface area contributed by atoms with E-state index in [1.54, 1.807) is 18.9 Å². The number of oxime groups is 1.